The number of aromatic nitrogens is 2. The Labute approximate surface area is 178 Å². The van der Waals surface area contributed by atoms with Crippen LogP contribution in [0.4, 0.5) is 0 Å². The molecular formula is C24H22N2OS2. The molecule has 146 valence electrons. The first-order valence-electron chi connectivity index (χ1n) is 9.37. The van der Waals surface area contributed by atoms with E-state index in [0.29, 0.717) is 0 Å². The van der Waals surface area contributed by atoms with Crippen molar-refractivity contribution in [1.29, 1.82) is 0 Å². The zero-order valence-electron chi connectivity index (χ0n) is 16.9. The molecule has 5 heteroatoms. The van der Waals surface area contributed by atoms with Crippen LogP contribution < -0.4 is 0 Å². The molecule has 0 radical (unpaired) electrons. The fraction of sp³-hybridized carbons (Fsp3) is 0.167. The molecule has 0 fully saturated rings. The number of nitrogens with zero attached hydrogens (tertiary/aromatic N) is 2. The third-order valence-corrected chi connectivity index (χ3v) is 6.80. The number of benzene rings is 2. The van der Waals surface area contributed by atoms with Gasteiger partial charge in [0.25, 0.3) is 0 Å². The molecule has 0 saturated carbocycles. The van der Waals surface area contributed by atoms with Gasteiger partial charge in [0, 0.05) is 45.0 Å². The molecule has 1 atom stereocenters. The largest absolute Gasteiger partial charge is 0.262 e. The Balaban J connectivity index is 1.89. The number of aryl methyl sites for hydroxylation is 3. The van der Waals surface area contributed by atoms with Crippen LogP contribution in [0.2, 0.25) is 0 Å². The molecule has 2 aromatic heterocycles. The van der Waals surface area contributed by atoms with E-state index in [4.69, 9.17) is 4.98 Å². The lowest BCUT2D eigenvalue weighted by Crippen LogP contribution is -1.88. The zero-order chi connectivity index (χ0) is 20.5. The van der Waals surface area contributed by atoms with Crippen LogP contribution in [-0.2, 0) is 10.8 Å². The topological polar surface area (TPSA) is 42.9 Å². The van der Waals surface area contributed by atoms with Crippen molar-refractivity contribution in [3.63, 3.8) is 0 Å². The number of hydrogen-bond donors (Lipinski definition) is 0. The lowest BCUT2D eigenvalue weighted by Gasteiger charge is -2.06. The summed E-state index contributed by atoms with van der Waals surface area (Å²) in [5.41, 5.74) is 7.71. The standard InChI is InChI=1S/C24H22N2OS2/c1-15-11-16(2)13-20(12-15)22-23(19-9-10-25-17(3)14-19)28-24(26-22)18-5-7-21(8-6-18)29(4)27/h5-14H,1-4H3. The van der Waals surface area contributed by atoms with Crippen molar-refractivity contribution >= 4 is 22.1 Å². The lowest BCUT2D eigenvalue weighted by molar-refractivity contribution is 0.687. The van der Waals surface area contributed by atoms with Gasteiger partial charge in [-0.05, 0) is 62.7 Å². The Kier molecular flexibility index (Phi) is 5.43. The van der Waals surface area contributed by atoms with E-state index in [-0.39, 0.29) is 0 Å². The predicted molar refractivity (Wildman–Crippen MR) is 123 cm³/mol. The number of hydrogen-bond acceptors (Lipinski definition) is 4. The van der Waals surface area contributed by atoms with Crippen LogP contribution in [0.3, 0.4) is 0 Å². The quantitative estimate of drug-likeness (QED) is 0.396. The summed E-state index contributed by atoms with van der Waals surface area (Å²) in [6.07, 6.45) is 3.54. The minimum atomic E-state index is -0.984. The van der Waals surface area contributed by atoms with E-state index in [2.05, 4.69) is 43.1 Å². The molecule has 4 rings (SSSR count). The molecule has 4 aromatic rings. The van der Waals surface area contributed by atoms with E-state index < -0.39 is 10.8 Å². The van der Waals surface area contributed by atoms with Gasteiger partial charge < -0.3 is 0 Å². The van der Waals surface area contributed by atoms with E-state index in [1.807, 2.05) is 43.5 Å². The molecule has 0 aliphatic carbocycles. The molecule has 0 aliphatic rings. The first kappa shape index (κ1) is 19.7. The Bertz CT molecular complexity index is 1190. The van der Waals surface area contributed by atoms with E-state index in [1.165, 1.54) is 11.1 Å². The smallest absolute Gasteiger partial charge is 0.124 e. The summed E-state index contributed by atoms with van der Waals surface area (Å²) in [6, 6.07) is 18.5. The Morgan fingerprint density at radius 1 is 0.828 bits per heavy atom. The van der Waals surface area contributed by atoms with Gasteiger partial charge in [-0.3, -0.25) is 9.19 Å². The summed E-state index contributed by atoms with van der Waals surface area (Å²) in [6.45, 7) is 6.23. The maximum atomic E-state index is 11.7. The third-order valence-electron chi connectivity index (χ3n) is 4.71. The minimum Gasteiger partial charge on any atom is -0.262 e. The van der Waals surface area contributed by atoms with E-state index >= 15 is 0 Å². The van der Waals surface area contributed by atoms with Crippen molar-refractivity contribution in [3.05, 3.63) is 77.6 Å². The van der Waals surface area contributed by atoms with Gasteiger partial charge in [0.2, 0.25) is 0 Å². The summed E-state index contributed by atoms with van der Waals surface area (Å²) in [7, 11) is -0.984. The molecule has 3 nitrogen and oxygen atoms in total. The monoisotopic (exact) mass is 418 g/mol. The summed E-state index contributed by atoms with van der Waals surface area (Å²) in [5.74, 6) is 0. The molecule has 2 aromatic carbocycles. The van der Waals surface area contributed by atoms with Gasteiger partial charge in [0.1, 0.15) is 5.01 Å². The Hall–Kier alpha value is -2.63. The highest BCUT2D eigenvalue weighted by atomic mass is 32.2. The fourth-order valence-corrected chi connectivity index (χ4v) is 5.03. The van der Waals surface area contributed by atoms with Gasteiger partial charge in [-0.1, -0.05) is 29.3 Å². The third kappa shape index (κ3) is 4.21. The molecule has 29 heavy (non-hydrogen) atoms. The number of rotatable bonds is 4. The molecule has 0 N–H and O–H groups in total. The predicted octanol–water partition coefficient (Wildman–Crippen LogP) is 6.20. The average molecular weight is 419 g/mol. The molecule has 0 amide bonds. The fourth-order valence-electron chi connectivity index (χ4n) is 3.42. The Morgan fingerprint density at radius 2 is 1.52 bits per heavy atom. The van der Waals surface area contributed by atoms with Crippen molar-refractivity contribution in [2.75, 3.05) is 6.26 Å². The number of pyridine rings is 1. The van der Waals surface area contributed by atoms with Crippen LogP contribution in [0.5, 0.6) is 0 Å². The maximum Gasteiger partial charge on any atom is 0.124 e. The SMILES string of the molecule is Cc1cc(C)cc(-c2nc(-c3ccc(S(C)=O)cc3)sc2-c2ccnc(C)c2)c1. The summed E-state index contributed by atoms with van der Waals surface area (Å²) in [5, 5.41) is 0.956. The minimum absolute atomic E-state index is 0.824. The van der Waals surface area contributed by atoms with Gasteiger partial charge in [-0.15, -0.1) is 11.3 Å². The van der Waals surface area contributed by atoms with Crippen molar-refractivity contribution in [3.8, 4) is 32.3 Å². The highest BCUT2D eigenvalue weighted by molar-refractivity contribution is 7.84. The normalized spacial score (nSPS) is 12.1. The van der Waals surface area contributed by atoms with Crippen molar-refractivity contribution in [1.82, 2.24) is 9.97 Å². The van der Waals surface area contributed by atoms with Crippen molar-refractivity contribution < 1.29 is 4.21 Å². The van der Waals surface area contributed by atoms with Gasteiger partial charge >= 0.3 is 0 Å². The summed E-state index contributed by atoms with van der Waals surface area (Å²) < 4.78 is 11.7. The second kappa shape index (κ2) is 8.01. The maximum absolute atomic E-state index is 11.7. The second-order valence-corrected chi connectivity index (χ2v) is 9.62. The average Bonchev–Trinajstić information content (AvgIpc) is 3.13. The van der Waals surface area contributed by atoms with E-state index in [1.54, 1.807) is 17.6 Å². The van der Waals surface area contributed by atoms with Crippen LogP contribution >= 0.6 is 11.3 Å². The summed E-state index contributed by atoms with van der Waals surface area (Å²) in [4.78, 5) is 11.3. The van der Waals surface area contributed by atoms with Crippen LogP contribution in [-0.4, -0.2) is 20.4 Å². The highest BCUT2D eigenvalue weighted by Gasteiger charge is 2.17. The van der Waals surface area contributed by atoms with Crippen LogP contribution in [0, 0.1) is 20.8 Å². The van der Waals surface area contributed by atoms with Crippen molar-refractivity contribution in [2.45, 2.75) is 25.7 Å². The van der Waals surface area contributed by atoms with E-state index in [9.17, 15) is 4.21 Å². The van der Waals surface area contributed by atoms with Crippen LogP contribution in [0.25, 0.3) is 32.3 Å². The first-order chi connectivity index (χ1) is 13.9. The molecule has 2 heterocycles. The van der Waals surface area contributed by atoms with E-state index in [0.717, 1.165) is 42.9 Å². The Morgan fingerprint density at radius 3 is 2.14 bits per heavy atom. The molecule has 0 saturated heterocycles. The lowest BCUT2D eigenvalue weighted by atomic mass is 10.0. The molecule has 1 unspecified atom stereocenters. The van der Waals surface area contributed by atoms with Gasteiger partial charge in [0.05, 0.1) is 10.6 Å². The second-order valence-electron chi connectivity index (χ2n) is 7.24. The van der Waals surface area contributed by atoms with Gasteiger partial charge in [-0.25, -0.2) is 4.98 Å². The highest BCUT2D eigenvalue weighted by Crippen LogP contribution is 2.41. The molecule has 0 aliphatic heterocycles. The summed E-state index contributed by atoms with van der Waals surface area (Å²) >= 11 is 1.68. The van der Waals surface area contributed by atoms with Crippen molar-refractivity contribution in [2.24, 2.45) is 0 Å². The van der Waals surface area contributed by atoms with Crippen LogP contribution in [0.1, 0.15) is 16.8 Å². The molecule has 0 bridgehead atoms. The van der Waals surface area contributed by atoms with Crippen LogP contribution in [0.15, 0.2) is 65.7 Å². The van der Waals surface area contributed by atoms with Gasteiger partial charge in [-0.2, -0.15) is 0 Å². The van der Waals surface area contributed by atoms with Gasteiger partial charge in [0.15, 0.2) is 0 Å². The molecular weight excluding hydrogens is 396 g/mol. The first-order valence-corrected chi connectivity index (χ1v) is 11.7. The number of thiazole rings is 1. The zero-order valence-corrected chi connectivity index (χ0v) is 18.5. The molecule has 0 spiro atoms.